The third-order valence-electron chi connectivity index (χ3n) is 3.70. The van der Waals surface area contributed by atoms with Crippen molar-refractivity contribution in [3.05, 3.63) is 23.9 Å². The van der Waals surface area contributed by atoms with Gasteiger partial charge in [0.2, 0.25) is 0 Å². The molecule has 0 amide bonds. The third kappa shape index (κ3) is 3.45. The molecular weight excluding hydrogens is 222 g/mol. The predicted octanol–water partition coefficient (Wildman–Crippen LogP) is 2.96. The van der Waals surface area contributed by atoms with Crippen molar-refractivity contribution in [3.63, 3.8) is 0 Å². The zero-order valence-corrected chi connectivity index (χ0v) is 11.7. The van der Waals surface area contributed by atoms with Crippen molar-refractivity contribution < 1.29 is 0 Å². The van der Waals surface area contributed by atoms with E-state index in [0.29, 0.717) is 6.04 Å². The maximum Gasteiger partial charge on any atom is 0.129 e. The minimum Gasteiger partial charge on any atom is -0.354 e. The zero-order chi connectivity index (χ0) is 12.8. The van der Waals surface area contributed by atoms with Crippen molar-refractivity contribution >= 4 is 5.82 Å². The molecule has 1 fully saturated rings. The van der Waals surface area contributed by atoms with E-state index in [-0.39, 0.29) is 0 Å². The summed E-state index contributed by atoms with van der Waals surface area (Å²) in [5.74, 6) is 1.15. The van der Waals surface area contributed by atoms with Crippen LogP contribution in [0.4, 0.5) is 5.82 Å². The summed E-state index contributed by atoms with van der Waals surface area (Å²) in [6, 6.07) is 7.01. The molecule has 100 valence electrons. The van der Waals surface area contributed by atoms with Gasteiger partial charge in [-0.05, 0) is 38.4 Å². The van der Waals surface area contributed by atoms with Gasteiger partial charge in [0.1, 0.15) is 5.82 Å². The molecule has 1 unspecified atom stereocenters. The second kappa shape index (κ2) is 6.74. The van der Waals surface area contributed by atoms with Crippen LogP contribution < -0.4 is 10.2 Å². The second-order valence-corrected chi connectivity index (χ2v) is 5.16. The van der Waals surface area contributed by atoms with Gasteiger partial charge in [0, 0.05) is 19.1 Å². The van der Waals surface area contributed by atoms with E-state index in [9.17, 15) is 0 Å². The van der Waals surface area contributed by atoms with Crippen molar-refractivity contribution in [1.29, 1.82) is 0 Å². The number of nitrogens with zero attached hydrogens (tertiary/aromatic N) is 2. The Morgan fingerprint density at radius 3 is 3.06 bits per heavy atom. The number of rotatable bonds is 4. The predicted molar refractivity (Wildman–Crippen MR) is 76.9 cm³/mol. The summed E-state index contributed by atoms with van der Waals surface area (Å²) in [5, 5.41) is 3.34. The summed E-state index contributed by atoms with van der Waals surface area (Å²) in [6.45, 7) is 7.46. The van der Waals surface area contributed by atoms with E-state index in [4.69, 9.17) is 4.98 Å². The molecule has 1 aliphatic heterocycles. The van der Waals surface area contributed by atoms with Crippen molar-refractivity contribution in [2.75, 3.05) is 18.0 Å². The first-order chi connectivity index (χ1) is 8.81. The van der Waals surface area contributed by atoms with Crippen LogP contribution in [-0.4, -0.2) is 24.1 Å². The van der Waals surface area contributed by atoms with E-state index >= 15 is 0 Å². The van der Waals surface area contributed by atoms with Crippen LogP contribution in [0.5, 0.6) is 0 Å². The largest absolute Gasteiger partial charge is 0.354 e. The Bertz CT molecular complexity index is 365. The van der Waals surface area contributed by atoms with Crippen molar-refractivity contribution in [2.45, 2.75) is 52.1 Å². The highest BCUT2D eigenvalue weighted by atomic mass is 15.2. The van der Waals surface area contributed by atoms with Gasteiger partial charge in [-0.1, -0.05) is 25.8 Å². The van der Waals surface area contributed by atoms with Crippen LogP contribution in [0.25, 0.3) is 0 Å². The molecule has 0 radical (unpaired) electrons. The Kier molecular flexibility index (Phi) is 5.00. The molecule has 0 aliphatic carbocycles. The molecule has 3 nitrogen and oxygen atoms in total. The Morgan fingerprint density at radius 1 is 1.33 bits per heavy atom. The molecule has 1 aliphatic rings. The van der Waals surface area contributed by atoms with Crippen molar-refractivity contribution in [2.24, 2.45) is 0 Å². The smallest absolute Gasteiger partial charge is 0.129 e. The Morgan fingerprint density at radius 2 is 2.22 bits per heavy atom. The maximum absolute atomic E-state index is 4.79. The Balaban J connectivity index is 2.10. The molecule has 1 aromatic rings. The fourth-order valence-electron chi connectivity index (χ4n) is 2.59. The molecule has 3 heteroatoms. The highest BCUT2D eigenvalue weighted by molar-refractivity contribution is 5.40. The quantitative estimate of drug-likeness (QED) is 0.886. The van der Waals surface area contributed by atoms with Gasteiger partial charge in [-0.25, -0.2) is 4.98 Å². The molecule has 1 aromatic heterocycles. The van der Waals surface area contributed by atoms with Crippen LogP contribution in [0.15, 0.2) is 18.2 Å². The molecule has 1 saturated heterocycles. The summed E-state index contributed by atoms with van der Waals surface area (Å²) in [6.07, 6.45) is 5.30. The fourth-order valence-corrected chi connectivity index (χ4v) is 2.59. The van der Waals surface area contributed by atoms with Crippen molar-refractivity contribution in [1.82, 2.24) is 10.3 Å². The van der Waals surface area contributed by atoms with E-state index in [1.165, 1.54) is 25.7 Å². The number of hydrogen-bond donors (Lipinski definition) is 1. The Labute approximate surface area is 111 Å². The molecule has 0 saturated carbocycles. The average molecular weight is 247 g/mol. The van der Waals surface area contributed by atoms with Gasteiger partial charge in [-0.2, -0.15) is 0 Å². The average Bonchev–Trinajstić information content (AvgIpc) is 2.61. The van der Waals surface area contributed by atoms with Crippen LogP contribution in [-0.2, 0) is 6.54 Å². The number of nitrogens with one attached hydrogen (secondary N) is 1. The van der Waals surface area contributed by atoms with Gasteiger partial charge >= 0.3 is 0 Å². The van der Waals surface area contributed by atoms with E-state index < -0.39 is 0 Å². The minimum absolute atomic E-state index is 0.620. The third-order valence-corrected chi connectivity index (χ3v) is 3.70. The van der Waals surface area contributed by atoms with Gasteiger partial charge in [0.15, 0.2) is 0 Å². The van der Waals surface area contributed by atoms with E-state index in [1.807, 2.05) is 0 Å². The van der Waals surface area contributed by atoms with Gasteiger partial charge < -0.3 is 10.2 Å². The summed E-state index contributed by atoms with van der Waals surface area (Å²) in [4.78, 5) is 7.26. The first kappa shape index (κ1) is 13.3. The van der Waals surface area contributed by atoms with Gasteiger partial charge in [-0.3, -0.25) is 0 Å². The second-order valence-electron chi connectivity index (χ2n) is 5.16. The number of anilines is 1. The normalized spacial score (nSPS) is 20.8. The maximum atomic E-state index is 4.79. The lowest BCUT2D eigenvalue weighted by Gasteiger charge is -2.28. The molecule has 2 heterocycles. The van der Waals surface area contributed by atoms with Crippen LogP contribution >= 0.6 is 0 Å². The zero-order valence-electron chi connectivity index (χ0n) is 11.7. The van der Waals surface area contributed by atoms with Crippen LogP contribution in [0, 0.1) is 0 Å². The molecule has 0 bridgehead atoms. The van der Waals surface area contributed by atoms with E-state index in [1.54, 1.807) is 0 Å². The first-order valence-corrected chi connectivity index (χ1v) is 7.24. The summed E-state index contributed by atoms with van der Waals surface area (Å²) >= 11 is 0. The van der Waals surface area contributed by atoms with Crippen LogP contribution in [0.1, 0.15) is 45.2 Å². The minimum atomic E-state index is 0.620. The lowest BCUT2D eigenvalue weighted by Crippen LogP contribution is -2.33. The highest BCUT2D eigenvalue weighted by Crippen LogP contribution is 2.22. The Hall–Kier alpha value is -1.09. The first-order valence-electron chi connectivity index (χ1n) is 7.24. The monoisotopic (exact) mass is 247 g/mol. The molecule has 0 spiro atoms. The highest BCUT2D eigenvalue weighted by Gasteiger charge is 2.18. The lowest BCUT2D eigenvalue weighted by atomic mass is 10.1. The molecule has 1 N–H and O–H groups in total. The van der Waals surface area contributed by atoms with E-state index in [0.717, 1.165) is 31.1 Å². The topological polar surface area (TPSA) is 28.2 Å². The lowest BCUT2D eigenvalue weighted by molar-refractivity contribution is 0.609. The van der Waals surface area contributed by atoms with E-state index in [2.05, 4.69) is 42.3 Å². The van der Waals surface area contributed by atoms with Crippen LogP contribution in [0.3, 0.4) is 0 Å². The fraction of sp³-hybridized carbons (Fsp3) is 0.667. The SMILES string of the molecule is CCNCc1cccc(N2CCCCCC2C)n1. The van der Waals surface area contributed by atoms with Crippen LogP contribution in [0.2, 0.25) is 0 Å². The van der Waals surface area contributed by atoms with Gasteiger partial charge in [0.25, 0.3) is 0 Å². The molecule has 18 heavy (non-hydrogen) atoms. The molecule has 1 atom stereocenters. The summed E-state index contributed by atoms with van der Waals surface area (Å²) in [7, 11) is 0. The standard InChI is InChI=1S/C15H25N3/c1-3-16-12-14-9-7-10-15(17-14)18-11-6-4-5-8-13(18)2/h7,9-10,13,16H,3-6,8,11-12H2,1-2H3. The number of pyridine rings is 1. The number of hydrogen-bond acceptors (Lipinski definition) is 3. The molecule has 2 rings (SSSR count). The summed E-state index contributed by atoms with van der Waals surface area (Å²) in [5.41, 5.74) is 1.14. The summed E-state index contributed by atoms with van der Waals surface area (Å²) < 4.78 is 0. The molecule has 0 aromatic carbocycles. The molecular formula is C15H25N3. The van der Waals surface area contributed by atoms with Gasteiger partial charge in [0.05, 0.1) is 5.69 Å². The van der Waals surface area contributed by atoms with Gasteiger partial charge in [-0.15, -0.1) is 0 Å². The van der Waals surface area contributed by atoms with Crippen molar-refractivity contribution in [3.8, 4) is 0 Å². The number of aromatic nitrogens is 1.